The van der Waals surface area contributed by atoms with Crippen molar-refractivity contribution in [3.05, 3.63) is 71.9 Å². The normalized spacial score (nSPS) is 14.6. The highest BCUT2D eigenvalue weighted by Crippen LogP contribution is 2.39. The highest BCUT2D eigenvalue weighted by molar-refractivity contribution is 5.72. The number of nitriles is 1. The Morgan fingerprint density at radius 1 is 1.07 bits per heavy atom. The first-order valence-corrected chi connectivity index (χ1v) is 8.97. The molecule has 140 valence electrons. The molecule has 1 unspecified atom stereocenters. The number of fused-ring (bicyclic) bond motifs is 1. The molecular weight excluding hydrogens is 366 g/mol. The number of ether oxygens (including phenoxy) is 1. The zero-order valence-electron chi connectivity index (χ0n) is 15.4. The van der Waals surface area contributed by atoms with Gasteiger partial charge in [-0.3, -0.25) is 5.10 Å². The van der Waals surface area contributed by atoms with E-state index < -0.39 is 6.17 Å². The molecule has 0 amide bonds. The third kappa shape index (κ3) is 2.76. The van der Waals surface area contributed by atoms with Crippen LogP contribution in [0.15, 0.2) is 70.9 Å². The molecule has 0 spiro atoms. The molecular formula is C21H15N7O. The van der Waals surface area contributed by atoms with Gasteiger partial charge in [0, 0.05) is 11.1 Å². The molecule has 8 nitrogen and oxygen atoms in total. The standard InChI is InChI=1S/C21H15N7O/c1-29-15-9-7-13(8-10-15)17-11-18(24-23-17)21-26-25-20-16(12-22)19(27-28(20)21)14-5-3-2-4-6-14/h2-11,21H,1H3,(H,23,24). The van der Waals surface area contributed by atoms with Crippen LogP contribution in [-0.4, -0.2) is 27.1 Å². The lowest BCUT2D eigenvalue weighted by Gasteiger charge is -2.05. The quantitative estimate of drug-likeness (QED) is 0.563. The Bertz CT molecular complexity index is 1250. The van der Waals surface area contributed by atoms with Crippen molar-refractivity contribution < 1.29 is 4.74 Å². The summed E-state index contributed by atoms with van der Waals surface area (Å²) in [5.74, 6) is 1.24. The van der Waals surface area contributed by atoms with E-state index in [9.17, 15) is 5.26 Å². The van der Waals surface area contributed by atoms with Crippen LogP contribution in [-0.2, 0) is 0 Å². The molecule has 8 heteroatoms. The summed E-state index contributed by atoms with van der Waals surface area (Å²) in [4.78, 5) is 0. The molecule has 3 heterocycles. The van der Waals surface area contributed by atoms with Gasteiger partial charge in [-0.25, -0.2) is 4.68 Å². The first kappa shape index (κ1) is 16.9. The van der Waals surface area contributed by atoms with E-state index >= 15 is 0 Å². The topological polar surface area (TPSA) is 104 Å². The van der Waals surface area contributed by atoms with Crippen molar-refractivity contribution in [3.8, 4) is 34.3 Å². The summed E-state index contributed by atoms with van der Waals surface area (Å²) in [5, 5.41) is 30.2. The van der Waals surface area contributed by atoms with E-state index in [0.29, 0.717) is 17.1 Å². The summed E-state index contributed by atoms with van der Waals surface area (Å²) in [6.07, 6.45) is -0.492. The Kier molecular flexibility index (Phi) is 3.92. The van der Waals surface area contributed by atoms with Crippen molar-refractivity contribution in [2.45, 2.75) is 6.17 Å². The number of methoxy groups -OCH3 is 1. The average Bonchev–Trinajstić information content (AvgIpc) is 3.49. The molecule has 0 bridgehead atoms. The van der Waals surface area contributed by atoms with Crippen LogP contribution in [0.3, 0.4) is 0 Å². The molecule has 2 aromatic heterocycles. The van der Waals surface area contributed by atoms with E-state index in [-0.39, 0.29) is 0 Å². The number of aromatic amines is 1. The summed E-state index contributed by atoms with van der Waals surface area (Å²) in [6, 6.07) is 21.4. The number of nitrogens with one attached hydrogen (secondary N) is 1. The molecule has 1 N–H and O–H groups in total. The second-order valence-electron chi connectivity index (χ2n) is 6.50. The van der Waals surface area contributed by atoms with Gasteiger partial charge in [0.25, 0.3) is 0 Å². The van der Waals surface area contributed by atoms with Crippen molar-refractivity contribution in [1.82, 2.24) is 20.0 Å². The first-order chi connectivity index (χ1) is 14.3. The number of rotatable bonds is 4. The Balaban J connectivity index is 1.51. The van der Waals surface area contributed by atoms with Crippen molar-refractivity contribution in [3.63, 3.8) is 0 Å². The third-order valence-corrected chi connectivity index (χ3v) is 4.80. The molecule has 29 heavy (non-hydrogen) atoms. The maximum Gasteiger partial charge on any atom is 0.206 e. The maximum atomic E-state index is 9.65. The number of aromatic nitrogens is 4. The second-order valence-corrected chi connectivity index (χ2v) is 6.50. The summed E-state index contributed by atoms with van der Waals surface area (Å²) in [7, 11) is 1.63. The largest absolute Gasteiger partial charge is 0.497 e. The van der Waals surface area contributed by atoms with E-state index in [0.717, 1.165) is 28.3 Å². The highest BCUT2D eigenvalue weighted by atomic mass is 16.5. The van der Waals surface area contributed by atoms with E-state index in [2.05, 4.69) is 31.6 Å². The predicted molar refractivity (Wildman–Crippen MR) is 106 cm³/mol. The predicted octanol–water partition coefficient (Wildman–Crippen LogP) is 4.46. The number of hydrogen-bond donors (Lipinski definition) is 1. The van der Waals surface area contributed by atoms with Crippen molar-refractivity contribution in [1.29, 1.82) is 5.26 Å². The van der Waals surface area contributed by atoms with Crippen molar-refractivity contribution in [2.24, 2.45) is 10.2 Å². The van der Waals surface area contributed by atoms with Gasteiger partial charge in [-0.15, -0.1) is 5.11 Å². The third-order valence-electron chi connectivity index (χ3n) is 4.80. The summed E-state index contributed by atoms with van der Waals surface area (Å²) < 4.78 is 6.86. The fraction of sp³-hybridized carbons (Fsp3) is 0.0952. The van der Waals surface area contributed by atoms with Crippen LogP contribution < -0.4 is 4.74 Å². The number of azo groups is 1. The van der Waals surface area contributed by atoms with E-state index in [1.54, 1.807) is 11.8 Å². The number of benzene rings is 2. The highest BCUT2D eigenvalue weighted by Gasteiger charge is 2.30. The minimum Gasteiger partial charge on any atom is -0.497 e. The monoisotopic (exact) mass is 381 g/mol. The smallest absolute Gasteiger partial charge is 0.206 e. The first-order valence-electron chi connectivity index (χ1n) is 8.97. The van der Waals surface area contributed by atoms with Crippen molar-refractivity contribution in [2.75, 3.05) is 7.11 Å². The van der Waals surface area contributed by atoms with Gasteiger partial charge in [-0.1, -0.05) is 30.3 Å². The van der Waals surface area contributed by atoms with E-state index in [1.165, 1.54) is 0 Å². The molecule has 0 saturated carbocycles. The lowest BCUT2D eigenvalue weighted by atomic mass is 10.1. The Labute approximate surface area is 166 Å². The zero-order valence-corrected chi connectivity index (χ0v) is 15.4. The molecule has 1 atom stereocenters. The molecule has 1 aliphatic heterocycles. The fourth-order valence-corrected chi connectivity index (χ4v) is 3.32. The summed E-state index contributed by atoms with van der Waals surface area (Å²) >= 11 is 0. The van der Waals surface area contributed by atoms with Crippen LogP contribution in [0, 0.1) is 11.3 Å². The molecule has 0 radical (unpaired) electrons. The van der Waals surface area contributed by atoms with Gasteiger partial charge in [-0.05, 0) is 30.3 Å². The van der Waals surface area contributed by atoms with Crippen molar-refractivity contribution >= 4 is 5.82 Å². The average molecular weight is 381 g/mol. The molecule has 1 aliphatic rings. The lowest BCUT2D eigenvalue weighted by Crippen LogP contribution is -2.06. The molecule has 0 saturated heterocycles. The second kappa shape index (κ2) is 6.73. The Morgan fingerprint density at radius 3 is 2.59 bits per heavy atom. The van der Waals surface area contributed by atoms with Crippen LogP contribution >= 0.6 is 0 Å². The van der Waals surface area contributed by atoms with Crippen LogP contribution in [0.4, 0.5) is 5.82 Å². The van der Waals surface area contributed by atoms with Gasteiger partial charge in [0.1, 0.15) is 23.1 Å². The molecule has 0 aliphatic carbocycles. The Morgan fingerprint density at radius 2 is 1.86 bits per heavy atom. The molecule has 0 fully saturated rings. The number of H-pyrrole nitrogens is 1. The zero-order chi connectivity index (χ0) is 19.8. The number of hydrogen-bond acceptors (Lipinski definition) is 6. The van der Waals surface area contributed by atoms with Crippen LogP contribution in [0.2, 0.25) is 0 Å². The van der Waals surface area contributed by atoms with Gasteiger partial charge >= 0.3 is 0 Å². The van der Waals surface area contributed by atoms with Gasteiger partial charge in [-0.2, -0.15) is 20.6 Å². The van der Waals surface area contributed by atoms with Gasteiger partial charge in [0.05, 0.1) is 18.5 Å². The van der Waals surface area contributed by atoms with Gasteiger partial charge in [0.15, 0.2) is 5.82 Å². The summed E-state index contributed by atoms with van der Waals surface area (Å²) in [6.45, 7) is 0. The van der Waals surface area contributed by atoms with Gasteiger partial charge < -0.3 is 4.74 Å². The van der Waals surface area contributed by atoms with Gasteiger partial charge in [0.2, 0.25) is 6.17 Å². The molecule has 5 rings (SSSR count). The van der Waals surface area contributed by atoms with Crippen LogP contribution in [0.1, 0.15) is 17.4 Å². The maximum absolute atomic E-state index is 9.65. The van der Waals surface area contributed by atoms with E-state index in [4.69, 9.17) is 4.74 Å². The molecule has 2 aromatic carbocycles. The molecule has 4 aromatic rings. The van der Waals surface area contributed by atoms with Crippen LogP contribution in [0.5, 0.6) is 5.75 Å². The van der Waals surface area contributed by atoms with Crippen LogP contribution in [0.25, 0.3) is 22.5 Å². The Hall–Kier alpha value is -4.25. The minimum absolute atomic E-state index is 0.414. The minimum atomic E-state index is -0.492. The number of nitrogens with zero attached hydrogens (tertiary/aromatic N) is 6. The fourth-order valence-electron chi connectivity index (χ4n) is 3.32. The summed E-state index contributed by atoms with van der Waals surface area (Å²) in [5.41, 5.74) is 4.35. The lowest BCUT2D eigenvalue weighted by molar-refractivity contribution is 0.415. The SMILES string of the molecule is COc1ccc(-c2cc(C3N=Nc4c(C#N)c(-c5ccccc5)nn43)[nH]n2)cc1. The van der Waals surface area contributed by atoms with E-state index in [1.807, 2.05) is 60.7 Å².